The number of para-hydroxylation sites is 1. The molecule has 1 aliphatic heterocycles. The van der Waals surface area contributed by atoms with Crippen molar-refractivity contribution in [2.75, 3.05) is 23.7 Å². The van der Waals surface area contributed by atoms with Crippen molar-refractivity contribution in [3.8, 4) is 0 Å². The molecule has 1 atom stereocenters. The summed E-state index contributed by atoms with van der Waals surface area (Å²) in [7, 11) is 0. The Bertz CT molecular complexity index is 999. The zero-order valence-corrected chi connectivity index (χ0v) is 15.6. The summed E-state index contributed by atoms with van der Waals surface area (Å²) in [6.45, 7) is 2.83. The largest absolute Gasteiger partial charge is 0.441 e. The van der Waals surface area contributed by atoms with Crippen molar-refractivity contribution < 1.29 is 14.0 Å². The summed E-state index contributed by atoms with van der Waals surface area (Å²) in [5.41, 5.74) is 2.83. The zero-order chi connectivity index (χ0) is 19.5. The number of hydrogen-bond acceptors (Lipinski definition) is 4. The molecular weight excluding hydrogens is 356 g/mol. The number of oxazole rings is 1. The van der Waals surface area contributed by atoms with Crippen LogP contribution < -0.4 is 10.6 Å². The van der Waals surface area contributed by atoms with Crippen LogP contribution in [-0.2, 0) is 4.79 Å². The number of carbonyl (C=O) groups excluding carboxylic acids is 2. The molecule has 7 nitrogen and oxygen atoms in total. The molecule has 144 valence electrons. The number of amides is 3. The highest BCUT2D eigenvalue weighted by Gasteiger charge is 2.28. The van der Waals surface area contributed by atoms with Gasteiger partial charge in [0, 0.05) is 31.4 Å². The third kappa shape index (κ3) is 3.98. The molecule has 2 N–H and O–H groups in total. The highest BCUT2D eigenvalue weighted by Crippen LogP contribution is 2.23. The molecule has 3 amide bonds. The number of likely N-dealkylation sites (tertiary alicyclic amines) is 1. The lowest BCUT2D eigenvalue weighted by molar-refractivity contribution is -0.121. The van der Waals surface area contributed by atoms with Crippen LogP contribution >= 0.6 is 0 Å². The number of hydrogen-bond donors (Lipinski definition) is 2. The Balaban J connectivity index is 1.39. The van der Waals surface area contributed by atoms with Gasteiger partial charge in [0.25, 0.3) is 0 Å². The fourth-order valence-corrected chi connectivity index (χ4v) is 3.46. The minimum absolute atomic E-state index is 0.0863. The van der Waals surface area contributed by atoms with Gasteiger partial charge in [0.2, 0.25) is 5.91 Å². The van der Waals surface area contributed by atoms with E-state index in [0.717, 1.165) is 18.5 Å². The molecule has 0 aliphatic carbocycles. The Morgan fingerprint density at radius 3 is 2.75 bits per heavy atom. The van der Waals surface area contributed by atoms with Crippen LogP contribution in [0.25, 0.3) is 11.1 Å². The van der Waals surface area contributed by atoms with Gasteiger partial charge in [-0.2, -0.15) is 0 Å². The molecule has 1 saturated heterocycles. The second kappa shape index (κ2) is 7.72. The van der Waals surface area contributed by atoms with E-state index in [9.17, 15) is 9.59 Å². The summed E-state index contributed by atoms with van der Waals surface area (Å²) in [5.74, 6) is 0.257. The number of urea groups is 1. The van der Waals surface area contributed by atoms with Crippen LogP contribution in [0.1, 0.15) is 18.7 Å². The number of piperidine rings is 1. The monoisotopic (exact) mass is 378 g/mol. The van der Waals surface area contributed by atoms with Crippen LogP contribution in [-0.4, -0.2) is 34.9 Å². The number of rotatable bonds is 3. The van der Waals surface area contributed by atoms with E-state index in [1.54, 1.807) is 30.0 Å². The van der Waals surface area contributed by atoms with Gasteiger partial charge in [-0.1, -0.05) is 18.2 Å². The quantitative estimate of drug-likeness (QED) is 0.721. The Kier molecular flexibility index (Phi) is 4.97. The number of benzene rings is 2. The predicted molar refractivity (Wildman–Crippen MR) is 107 cm³/mol. The molecule has 0 radical (unpaired) electrons. The molecule has 0 spiro atoms. The molecule has 2 aromatic carbocycles. The summed E-state index contributed by atoms with van der Waals surface area (Å²) < 4.78 is 5.46. The van der Waals surface area contributed by atoms with E-state index in [4.69, 9.17) is 4.42 Å². The second-order valence-electron chi connectivity index (χ2n) is 6.99. The van der Waals surface area contributed by atoms with Gasteiger partial charge in [0.05, 0.1) is 5.92 Å². The molecule has 7 heteroatoms. The van der Waals surface area contributed by atoms with E-state index in [1.807, 2.05) is 30.3 Å². The molecule has 1 fully saturated rings. The van der Waals surface area contributed by atoms with Crippen molar-refractivity contribution in [2.45, 2.75) is 19.8 Å². The van der Waals surface area contributed by atoms with Gasteiger partial charge in [-0.15, -0.1) is 0 Å². The van der Waals surface area contributed by atoms with Crippen LogP contribution in [0.5, 0.6) is 0 Å². The number of nitrogens with zero attached hydrogens (tertiary/aromatic N) is 2. The van der Waals surface area contributed by atoms with E-state index < -0.39 is 0 Å². The van der Waals surface area contributed by atoms with Crippen molar-refractivity contribution >= 4 is 34.4 Å². The van der Waals surface area contributed by atoms with E-state index >= 15 is 0 Å². The summed E-state index contributed by atoms with van der Waals surface area (Å²) in [6.07, 6.45) is 1.55. The third-order valence-electron chi connectivity index (χ3n) is 4.87. The Morgan fingerprint density at radius 2 is 1.93 bits per heavy atom. The topological polar surface area (TPSA) is 87.5 Å². The van der Waals surface area contributed by atoms with Gasteiger partial charge in [0.15, 0.2) is 11.5 Å². The van der Waals surface area contributed by atoms with Gasteiger partial charge in [-0.25, -0.2) is 9.78 Å². The molecule has 2 heterocycles. The molecule has 1 aromatic heterocycles. The Hall–Kier alpha value is -3.35. The lowest BCUT2D eigenvalue weighted by atomic mass is 9.97. The summed E-state index contributed by atoms with van der Waals surface area (Å²) in [4.78, 5) is 31.2. The van der Waals surface area contributed by atoms with Crippen molar-refractivity contribution in [3.05, 3.63) is 54.4 Å². The number of nitrogens with one attached hydrogen (secondary N) is 2. The summed E-state index contributed by atoms with van der Waals surface area (Å²) in [6, 6.07) is 14.5. The molecule has 0 saturated carbocycles. The Labute approximate surface area is 162 Å². The first kappa shape index (κ1) is 18.0. The van der Waals surface area contributed by atoms with Crippen LogP contribution in [0.4, 0.5) is 16.2 Å². The smallest absolute Gasteiger partial charge is 0.321 e. The number of anilines is 2. The summed E-state index contributed by atoms with van der Waals surface area (Å²) in [5, 5.41) is 5.82. The average Bonchev–Trinajstić information content (AvgIpc) is 3.08. The van der Waals surface area contributed by atoms with Gasteiger partial charge >= 0.3 is 6.03 Å². The van der Waals surface area contributed by atoms with Crippen molar-refractivity contribution in [3.63, 3.8) is 0 Å². The minimum Gasteiger partial charge on any atom is -0.441 e. The molecular formula is C21H22N4O3. The van der Waals surface area contributed by atoms with Crippen LogP contribution in [0.15, 0.2) is 52.9 Å². The third-order valence-corrected chi connectivity index (χ3v) is 4.87. The highest BCUT2D eigenvalue weighted by molar-refractivity contribution is 5.95. The van der Waals surface area contributed by atoms with Crippen LogP contribution in [0.3, 0.4) is 0 Å². The van der Waals surface area contributed by atoms with Gasteiger partial charge in [-0.3, -0.25) is 4.79 Å². The van der Waals surface area contributed by atoms with E-state index in [0.29, 0.717) is 35.8 Å². The van der Waals surface area contributed by atoms with E-state index in [2.05, 4.69) is 15.6 Å². The number of aryl methyl sites for hydroxylation is 1. The van der Waals surface area contributed by atoms with E-state index in [1.165, 1.54) is 0 Å². The molecule has 0 bridgehead atoms. The maximum atomic E-state index is 12.7. The van der Waals surface area contributed by atoms with Crippen LogP contribution in [0.2, 0.25) is 0 Å². The Morgan fingerprint density at radius 1 is 1.11 bits per heavy atom. The molecule has 28 heavy (non-hydrogen) atoms. The van der Waals surface area contributed by atoms with E-state index in [-0.39, 0.29) is 17.9 Å². The van der Waals surface area contributed by atoms with Gasteiger partial charge in [-0.05, 0) is 43.2 Å². The second-order valence-corrected chi connectivity index (χ2v) is 6.99. The maximum Gasteiger partial charge on any atom is 0.321 e. The lowest BCUT2D eigenvalue weighted by Gasteiger charge is -2.32. The first-order chi connectivity index (χ1) is 13.6. The van der Waals surface area contributed by atoms with Gasteiger partial charge < -0.3 is 20.0 Å². The molecule has 1 aliphatic rings. The predicted octanol–water partition coefficient (Wildman–Crippen LogP) is 4.02. The zero-order valence-electron chi connectivity index (χ0n) is 15.6. The average molecular weight is 378 g/mol. The first-order valence-electron chi connectivity index (χ1n) is 9.37. The highest BCUT2D eigenvalue weighted by atomic mass is 16.3. The SMILES string of the molecule is Cc1nc2cc(NC(=O)C3CCCN(C(=O)Nc4ccccc4)C3)ccc2o1. The molecule has 3 aromatic rings. The number of carbonyl (C=O) groups is 2. The molecule has 4 rings (SSSR count). The van der Waals surface area contributed by atoms with Crippen LogP contribution in [0, 0.1) is 12.8 Å². The lowest BCUT2D eigenvalue weighted by Crippen LogP contribution is -2.45. The molecule has 1 unspecified atom stereocenters. The van der Waals surface area contributed by atoms with Crippen molar-refractivity contribution in [1.29, 1.82) is 0 Å². The van der Waals surface area contributed by atoms with Crippen molar-refractivity contribution in [2.24, 2.45) is 5.92 Å². The fraction of sp³-hybridized carbons (Fsp3) is 0.286. The normalized spacial score (nSPS) is 16.8. The maximum absolute atomic E-state index is 12.7. The first-order valence-corrected chi connectivity index (χ1v) is 9.37. The van der Waals surface area contributed by atoms with Gasteiger partial charge in [0.1, 0.15) is 5.52 Å². The standard InChI is InChI=1S/C21H22N4O3/c1-14-22-18-12-17(9-10-19(18)28-14)23-20(26)15-6-5-11-25(13-15)21(27)24-16-7-3-2-4-8-16/h2-4,7-10,12,15H,5-6,11,13H2,1H3,(H,23,26)(H,24,27). The minimum atomic E-state index is -0.245. The summed E-state index contributed by atoms with van der Waals surface area (Å²) >= 11 is 0. The number of aromatic nitrogens is 1. The number of fused-ring (bicyclic) bond motifs is 1. The van der Waals surface area contributed by atoms with Crippen molar-refractivity contribution in [1.82, 2.24) is 9.88 Å². The fourth-order valence-electron chi connectivity index (χ4n) is 3.46.